The summed E-state index contributed by atoms with van der Waals surface area (Å²) in [6.45, 7) is 0.623. The van der Waals surface area contributed by atoms with Crippen molar-refractivity contribution in [3.05, 3.63) is 47.8 Å². The van der Waals surface area contributed by atoms with Crippen LogP contribution < -0.4 is 0 Å². The van der Waals surface area contributed by atoms with Gasteiger partial charge in [-0.2, -0.15) is 5.10 Å². The highest BCUT2D eigenvalue weighted by molar-refractivity contribution is 5.93. The molecule has 1 aromatic heterocycles. The van der Waals surface area contributed by atoms with Crippen molar-refractivity contribution in [2.45, 2.75) is 6.54 Å². The Morgan fingerprint density at radius 2 is 2.06 bits per heavy atom. The van der Waals surface area contributed by atoms with Crippen molar-refractivity contribution in [1.82, 2.24) is 14.7 Å². The molecule has 1 amide bonds. The minimum absolute atomic E-state index is 0.00806. The van der Waals surface area contributed by atoms with E-state index in [0.29, 0.717) is 12.2 Å². The molecule has 3 rings (SSSR count). The van der Waals surface area contributed by atoms with Crippen LogP contribution in [-0.2, 0) is 6.54 Å². The number of fused-ring (bicyclic) bond motifs is 3. The molecule has 80 valence electrons. The van der Waals surface area contributed by atoms with E-state index in [4.69, 9.17) is 0 Å². The van der Waals surface area contributed by atoms with Crippen LogP contribution in [0.15, 0.2) is 36.5 Å². The van der Waals surface area contributed by atoms with Crippen molar-refractivity contribution < 1.29 is 4.79 Å². The fourth-order valence-electron chi connectivity index (χ4n) is 2.03. The number of benzene rings is 1. The first-order chi connectivity index (χ1) is 7.77. The molecule has 0 bridgehead atoms. The van der Waals surface area contributed by atoms with Crippen molar-refractivity contribution in [2.75, 3.05) is 7.05 Å². The zero-order valence-corrected chi connectivity index (χ0v) is 8.92. The van der Waals surface area contributed by atoms with Crippen LogP contribution in [0.4, 0.5) is 0 Å². The van der Waals surface area contributed by atoms with Gasteiger partial charge >= 0.3 is 0 Å². The van der Waals surface area contributed by atoms with Gasteiger partial charge in [0, 0.05) is 13.6 Å². The van der Waals surface area contributed by atoms with Gasteiger partial charge in [-0.25, -0.2) is 4.68 Å². The quantitative estimate of drug-likeness (QED) is 0.664. The molecule has 2 aromatic rings. The summed E-state index contributed by atoms with van der Waals surface area (Å²) in [5.41, 5.74) is 2.72. The second-order valence-corrected chi connectivity index (χ2v) is 3.92. The normalized spacial score (nSPS) is 14.3. The number of hydrogen-bond acceptors (Lipinski definition) is 2. The molecule has 2 heterocycles. The van der Waals surface area contributed by atoms with Gasteiger partial charge in [-0.1, -0.05) is 18.2 Å². The standard InChI is InChI=1S/C12H11N3O/c1-14-8-9-4-2-3-5-10(9)15-11(12(14)16)6-7-13-15/h2-7H,8H2,1H3. The number of amides is 1. The van der Waals surface area contributed by atoms with Gasteiger partial charge in [0.25, 0.3) is 5.91 Å². The molecular formula is C12H11N3O. The van der Waals surface area contributed by atoms with Crippen LogP contribution >= 0.6 is 0 Å². The van der Waals surface area contributed by atoms with Gasteiger partial charge in [-0.15, -0.1) is 0 Å². The van der Waals surface area contributed by atoms with E-state index in [0.717, 1.165) is 11.3 Å². The lowest BCUT2D eigenvalue weighted by Crippen LogP contribution is -2.25. The Labute approximate surface area is 93.1 Å². The first kappa shape index (κ1) is 9.15. The second-order valence-electron chi connectivity index (χ2n) is 3.92. The molecule has 0 unspecified atom stereocenters. The van der Waals surface area contributed by atoms with Crippen LogP contribution in [0.5, 0.6) is 0 Å². The van der Waals surface area contributed by atoms with Crippen LogP contribution in [-0.4, -0.2) is 27.6 Å². The van der Waals surface area contributed by atoms with Gasteiger partial charge in [0.15, 0.2) is 0 Å². The average molecular weight is 213 g/mol. The maximum Gasteiger partial charge on any atom is 0.272 e. The van der Waals surface area contributed by atoms with Crippen molar-refractivity contribution in [2.24, 2.45) is 0 Å². The van der Waals surface area contributed by atoms with Crippen molar-refractivity contribution in [1.29, 1.82) is 0 Å². The van der Waals surface area contributed by atoms with Crippen LogP contribution in [0.1, 0.15) is 16.1 Å². The highest BCUT2D eigenvalue weighted by Crippen LogP contribution is 2.22. The zero-order valence-electron chi connectivity index (χ0n) is 8.92. The molecule has 0 spiro atoms. The van der Waals surface area contributed by atoms with Gasteiger partial charge in [0.05, 0.1) is 11.9 Å². The Kier molecular flexibility index (Phi) is 1.83. The Bertz CT molecular complexity index is 559. The van der Waals surface area contributed by atoms with Gasteiger partial charge in [-0.05, 0) is 17.7 Å². The summed E-state index contributed by atoms with van der Waals surface area (Å²) in [7, 11) is 1.81. The molecule has 0 atom stereocenters. The molecular weight excluding hydrogens is 202 g/mol. The number of carbonyl (C=O) groups excluding carboxylic acids is 1. The number of para-hydroxylation sites is 1. The summed E-state index contributed by atoms with van der Waals surface area (Å²) in [6, 6.07) is 9.70. The fourth-order valence-corrected chi connectivity index (χ4v) is 2.03. The summed E-state index contributed by atoms with van der Waals surface area (Å²) >= 11 is 0. The lowest BCUT2D eigenvalue weighted by molar-refractivity contribution is 0.0781. The molecule has 0 aliphatic carbocycles. The SMILES string of the molecule is CN1Cc2ccccc2-n2nccc2C1=O. The molecule has 4 heteroatoms. The van der Waals surface area contributed by atoms with Gasteiger partial charge in [-0.3, -0.25) is 4.79 Å². The number of carbonyl (C=O) groups is 1. The third-order valence-corrected chi connectivity index (χ3v) is 2.84. The number of hydrogen-bond donors (Lipinski definition) is 0. The van der Waals surface area contributed by atoms with Gasteiger partial charge in [0.2, 0.25) is 0 Å². The minimum atomic E-state index is 0.00806. The first-order valence-corrected chi connectivity index (χ1v) is 5.15. The maximum absolute atomic E-state index is 12.0. The molecule has 1 aromatic carbocycles. The molecule has 16 heavy (non-hydrogen) atoms. The third kappa shape index (κ3) is 1.16. The Hall–Kier alpha value is -2.10. The number of nitrogens with zero attached hydrogens (tertiary/aromatic N) is 3. The molecule has 1 aliphatic rings. The number of aromatic nitrogens is 2. The molecule has 0 fully saturated rings. The summed E-state index contributed by atoms with van der Waals surface area (Å²) in [5, 5.41) is 4.21. The highest BCUT2D eigenvalue weighted by Gasteiger charge is 2.23. The minimum Gasteiger partial charge on any atom is -0.336 e. The molecule has 0 N–H and O–H groups in total. The molecule has 0 radical (unpaired) electrons. The number of rotatable bonds is 0. The van der Waals surface area contributed by atoms with Crippen molar-refractivity contribution in [3.63, 3.8) is 0 Å². The molecule has 1 aliphatic heterocycles. The predicted octanol–water partition coefficient (Wildman–Crippen LogP) is 1.46. The first-order valence-electron chi connectivity index (χ1n) is 5.15. The summed E-state index contributed by atoms with van der Waals surface area (Å²) in [6.07, 6.45) is 1.66. The van der Waals surface area contributed by atoms with Crippen LogP contribution in [0.3, 0.4) is 0 Å². The Balaban J connectivity index is 2.31. The lowest BCUT2D eigenvalue weighted by Gasteiger charge is -2.13. The maximum atomic E-state index is 12.0. The fraction of sp³-hybridized carbons (Fsp3) is 0.167. The molecule has 4 nitrogen and oxygen atoms in total. The lowest BCUT2D eigenvalue weighted by atomic mass is 10.2. The van der Waals surface area contributed by atoms with E-state index in [9.17, 15) is 4.79 Å². The van der Waals surface area contributed by atoms with E-state index in [1.807, 2.05) is 31.3 Å². The third-order valence-electron chi connectivity index (χ3n) is 2.84. The van der Waals surface area contributed by atoms with Crippen LogP contribution in [0, 0.1) is 0 Å². The largest absolute Gasteiger partial charge is 0.336 e. The predicted molar refractivity (Wildman–Crippen MR) is 59.4 cm³/mol. The van der Waals surface area contributed by atoms with Crippen molar-refractivity contribution >= 4 is 5.91 Å². The summed E-state index contributed by atoms with van der Waals surface area (Å²) in [4.78, 5) is 13.7. The highest BCUT2D eigenvalue weighted by atomic mass is 16.2. The molecule has 0 saturated carbocycles. The van der Waals surface area contributed by atoms with E-state index < -0.39 is 0 Å². The Morgan fingerprint density at radius 3 is 2.94 bits per heavy atom. The molecule has 0 saturated heterocycles. The van der Waals surface area contributed by atoms with E-state index in [-0.39, 0.29) is 5.91 Å². The van der Waals surface area contributed by atoms with Crippen LogP contribution in [0.2, 0.25) is 0 Å². The zero-order chi connectivity index (χ0) is 11.1. The van der Waals surface area contributed by atoms with E-state index in [2.05, 4.69) is 5.10 Å². The van der Waals surface area contributed by atoms with Gasteiger partial charge in [0.1, 0.15) is 5.69 Å². The van der Waals surface area contributed by atoms with Crippen LogP contribution in [0.25, 0.3) is 5.69 Å². The monoisotopic (exact) mass is 213 g/mol. The summed E-state index contributed by atoms with van der Waals surface area (Å²) in [5.74, 6) is 0.00806. The smallest absolute Gasteiger partial charge is 0.272 e. The second kappa shape index (κ2) is 3.20. The van der Waals surface area contributed by atoms with E-state index >= 15 is 0 Å². The average Bonchev–Trinajstić information content (AvgIpc) is 2.74. The van der Waals surface area contributed by atoms with Crippen molar-refractivity contribution in [3.8, 4) is 5.69 Å². The van der Waals surface area contributed by atoms with Gasteiger partial charge < -0.3 is 4.90 Å². The van der Waals surface area contributed by atoms with E-state index in [1.165, 1.54) is 0 Å². The Morgan fingerprint density at radius 1 is 1.25 bits per heavy atom. The van der Waals surface area contributed by atoms with E-state index in [1.54, 1.807) is 21.8 Å². The summed E-state index contributed by atoms with van der Waals surface area (Å²) < 4.78 is 1.71. The topological polar surface area (TPSA) is 38.1 Å².